The van der Waals surface area contributed by atoms with Crippen LogP contribution in [0.15, 0.2) is 15.7 Å². The molecule has 134 valence electrons. The van der Waals surface area contributed by atoms with Crippen LogP contribution in [0.1, 0.15) is 35.6 Å². The van der Waals surface area contributed by atoms with Crippen LogP contribution in [0.4, 0.5) is 5.95 Å². The third-order valence-corrected chi connectivity index (χ3v) is 4.31. The minimum atomic E-state index is -0.249. The van der Waals surface area contributed by atoms with Crippen molar-refractivity contribution in [2.75, 3.05) is 25.1 Å². The van der Waals surface area contributed by atoms with Gasteiger partial charge in [-0.1, -0.05) is 0 Å². The van der Waals surface area contributed by atoms with Crippen LogP contribution in [-0.4, -0.2) is 39.7 Å². The second kappa shape index (κ2) is 7.60. The lowest BCUT2D eigenvalue weighted by molar-refractivity contribution is 0.0594. The summed E-state index contributed by atoms with van der Waals surface area (Å²) in [7, 11) is 0. The highest BCUT2D eigenvalue weighted by atomic mass is 16.5. The highest BCUT2D eigenvalue weighted by Gasteiger charge is 2.14. The number of hydrogen-bond acceptors (Lipinski definition) is 6. The number of nitrogens with one attached hydrogen (secondary N) is 3. The summed E-state index contributed by atoms with van der Waals surface area (Å²) in [6, 6.07) is 1.41. The molecule has 1 saturated heterocycles. The van der Waals surface area contributed by atoms with Crippen LogP contribution < -0.4 is 16.4 Å². The zero-order valence-corrected chi connectivity index (χ0v) is 14.5. The summed E-state index contributed by atoms with van der Waals surface area (Å²) in [4.78, 5) is 38.1. The van der Waals surface area contributed by atoms with Crippen molar-refractivity contribution in [2.24, 2.45) is 5.92 Å². The number of nitrogens with zero attached hydrogens (tertiary/aromatic N) is 2. The molecule has 2 aromatic heterocycles. The molecule has 1 unspecified atom stereocenters. The molecule has 0 aromatic carbocycles. The van der Waals surface area contributed by atoms with Crippen LogP contribution in [0.3, 0.4) is 0 Å². The van der Waals surface area contributed by atoms with E-state index in [0.717, 1.165) is 26.1 Å². The van der Waals surface area contributed by atoms with Crippen LogP contribution in [-0.2, 0) is 11.2 Å². The maximum absolute atomic E-state index is 12.1. The van der Waals surface area contributed by atoms with Crippen LogP contribution in [0.2, 0.25) is 0 Å². The maximum atomic E-state index is 12.1. The van der Waals surface area contributed by atoms with Gasteiger partial charge in [-0.25, -0.2) is 9.97 Å². The molecule has 1 aliphatic heterocycles. The van der Waals surface area contributed by atoms with E-state index in [4.69, 9.17) is 4.74 Å². The number of H-pyrrole nitrogens is 2. The largest absolute Gasteiger partial charge is 0.381 e. The summed E-state index contributed by atoms with van der Waals surface area (Å²) >= 11 is 0. The lowest BCUT2D eigenvalue weighted by Crippen LogP contribution is -2.26. The molecule has 25 heavy (non-hydrogen) atoms. The highest BCUT2D eigenvalue weighted by molar-refractivity contribution is 5.29. The average Bonchev–Trinajstić information content (AvgIpc) is 2.57. The van der Waals surface area contributed by atoms with Crippen molar-refractivity contribution in [3.8, 4) is 0 Å². The average molecular weight is 345 g/mol. The number of rotatable bonds is 5. The van der Waals surface area contributed by atoms with E-state index >= 15 is 0 Å². The van der Waals surface area contributed by atoms with Gasteiger partial charge in [-0.2, -0.15) is 0 Å². The monoisotopic (exact) mass is 345 g/mol. The Morgan fingerprint density at radius 3 is 2.84 bits per heavy atom. The lowest BCUT2D eigenvalue weighted by atomic mass is 10.0. The van der Waals surface area contributed by atoms with E-state index in [1.54, 1.807) is 13.8 Å². The van der Waals surface area contributed by atoms with E-state index in [-0.39, 0.29) is 17.5 Å². The van der Waals surface area contributed by atoms with Crippen molar-refractivity contribution in [3.05, 3.63) is 49.5 Å². The predicted molar refractivity (Wildman–Crippen MR) is 94.0 cm³/mol. The van der Waals surface area contributed by atoms with Gasteiger partial charge in [0.15, 0.2) is 0 Å². The number of aromatic amines is 2. The fraction of sp³-hybridized carbons (Fsp3) is 0.529. The number of ether oxygens (including phenoxy) is 1. The van der Waals surface area contributed by atoms with Crippen molar-refractivity contribution < 1.29 is 4.74 Å². The molecule has 3 heterocycles. The maximum Gasteiger partial charge on any atom is 0.254 e. The molecule has 1 atom stereocenters. The molecule has 8 nitrogen and oxygen atoms in total. The highest BCUT2D eigenvalue weighted by Crippen LogP contribution is 2.14. The normalized spacial score (nSPS) is 17.4. The van der Waals surface area contributed by atoms with Gasteiger partial charge >= 0.3 is 0 Å². The van der Waals surface area contributed by atoms with Crippen molar-refractivity contribution >= 4 is 5.95 Å². The van der Waals surface area contributed by atoms with E-state index in [2.05, 4.69) is 25.3 Å². The zero-order valence-electron chi connectivity index (χ0n) is 14.5. The van der Waals surface area contributed by atoms with E-state index in [0.29, 0.717) is 41.2 Å². The first-order chi connectivity index (χ1) is 12.0. The Kier molecular flexibility index (Phi) is 5.28. The van der Waals surface area contributed by atoms with E-state index in [9.17, 15) is 9.59 Å². The van der Waals surface area contributed by atoms with Crippen molar-refractivity contribution in [1.29, 1.82) is 0 Å². The van der Waals surface area contributed by atoms with E-state index in [1.807, 2.05) is 0 Å². The molecule has 8 heteroatoms. The molecular weight excluding hydrogens is 322 g/mol. The van der Waals surface area contributed by atoms with Crippen molar-refractivity contribution in [3.63, 3.8) is 0 Å². The fourth-order valence-corrected chi connectivity index (χ4v) is 3.03. The second-order valence-corrected chi connectivity index (χ2v) is 6.44. The zero-order chi connectivity index (χ0) is 17.8. The molecule has 1 aliphatic rings. The number of aryl methyl sites for hydroxylation is 2. The van der Waals surface area contributed by atoms with Gasteiger partial charge in [0.2, 0.25) is 5.95 Å². The number of aromatic nitrogens is 4. The van der Waals surface area contributed by atoms with Gasteiger partial charge in [-0.05, 0) is 32.6 Å². The minimum Gasteiger partial charge on any atom is -0.381 e. The third-order valence-electron chi connectivity index (χ3n) is 4.31. The van der Waals surface area contributed by atoms with Gasteiger partial charge in [-0.3, -0.25) is 14.6 Å². The van der Waals surface area contributed by atoms with Crippen LogP contribution >= 0.6 is 0 Å². The van der Waals surface area contributed by atoms with Crippen LogP contribution in [0.25, 0.3) is 0 Å². The topological polar surface area (TPSA) is 113 Å². The van der Waals surface area contributed by atoms with Gasteiger partial charge in [-0.15, -0.1) is 0 Å². The van der Waals surface area contributed by atoms with E-state index < -0.39 is 0 Å². The van der Waals surface area contributed by atoms with Gasteiger partial charge < -0.3 is 15.0 Å². The summed E-state index contributed by atoms with van der Waals surface area (Å²) in [5, 5.41) is 3.17. The summed E-state index contributed by atoms with van der Waals surface area (Å²) in [5.41, 5.74) is 1.26. The SMILES string of the molecule is Cc1nc(C)c(Cc2cc(=O)[nH]c(NCC3CCCOC3)n2)c(=O)[nH]1. The summed E-state index contributed by atoms with van der Waals surface area (Å²) in [6.45, 7) is 5.76. The number of anilines is 1. The van der Waals surface area contributed by atoms with Gasteiger partial charge in [0.1, 0.15) is 5.82 Å². The molecule has 0 saturated carbocycles. The Bertz CT molecular complexity index is 852. The molecule has 0 aliphatic carbocycles. The Balaban J connectivity index is 1.75. The molecule has 0 bridgehead atoms. The van der Waals surface area contributed by atoms with Gasteiger partial charge in [0, 0.05) is 36.9 Å². The Hall–Kier alpha value is -2.48. The Morgan fingerprint density at radius 2 is 2.12 bits per heavy atom. The van der Waals surface area contributed by atoms with Gasteiger partial charge in [0.25, 0.3) is 11.1 Å². The molecule has 3 N–H and O–H groups in total. The van der Waals surface area contributed by atoms with Gasteiger partial charge in [0.05, 0.1) is 12.3 Å². The quantitative estimate of drug-likeness (QED) is 0.742. The first-order valence-electron chi connectivity index (χ1n) is 8.49. The first-order valence-corrected chi connectivity index (χ1v) is 8.49. The standard InChI is InChI=1S/C17H23N5O3/c1-10-14(16(24)20-11(2)19-10)6-13-7-15(23)22-17(21-13)18-8-12-4-3-5-25-9-12/h7,12H,3-6,8-9H2,1-2H3,(H,19,20,24)(H2,18,21,22,23). The summed E-state index contributed by atoms with van der Waals surface area (Å²) in [6.07, 6.45) is 2.42. The Labute approximate surface area is 145 Å². The molecule has 0 radical (unpaired) electrons. The molecule has 0 spiro atoms. The van der Waals surface area contributed by atoms with E-state index in [1.165, 1.54) is 6.07 Å². The molecule has 2 aromatic rings. The smallest absolute Gasteiger partial charge is 0.254 e. The molecule has 3 rings (SSSR count). The van der Waals surface area contributed by atoms with Crippen molar-refractivity contribution in [1.82, 2.24) is 19.9 Å². The summed E-state index contributed by atoms with van der Waals surface area (Å²) in [5.74, 6) is 1.40. The first kappa shape index (κ1) is 17.3. The third kappa shape index (κ3) is 4.54. The van der Waals surface area contributed by atoms with Crippen LogP contribution in [0, 0.1) is 19.8 Å². The second-order valence-electron chi connectivity index (χ2n) is 6.44. The minimum absolute atomic E-state index is 0.194. The fourth-order valence-electron chi connectivity index (χ4n) is 3.03. The molecule has 1 fully saturated rings. The molecule has 0 amide bonds. The summed E-state index contributed by atoms with van der Waals surface area (Å²) < 4.78 is 5.46. The predicted octanol–water partition coefficient (Wildman–Crippen LogP) is 0.899. The van der Waals surface area contributed by atoms with Crippen LogP contribution in [0.5, 0.6) is 0 Å². The number of hydrogen-bond donors (Lipinski definition) is 3. The molecular formula is C17H23N5O3. The van der Waals surface area contributed by atoms with Crippen molar-refractivity contribution in [2.45, 2.75) is 33.1 Å². The lowest BCUT2D eigenvalue weighted by Gasteiger charge is -2.22. The Morgan fingerprint density at radius 1 is 1.28 bits per heavy atom.